The molecule has 86 valence electrons. The van der Waals surface area contributed by atoms with E-state index in [-0.39, 0.29) is 0 Å². The Morgan fingerprint density at radius 3 is 2.00 bits per heavy atom. The van der Waals surface area contributed by atoms with Crippen molar-refractivity contribution in [2.45, 2.75) is 34.1 Å². The number of hydrogen-bond donors (Lipinski definition) is 0. The van der Waals surface area contributed by atoms with Crippen LogP contribution in [0, 0.1) is 27.7 Å². The zero-order chi connectivity index (χ0) is 12.2. The van der Waals surface area contributed by atoms with Crippen LogP contribution in [0.1, 0.15) is 33.4 Å². The van der Waals surface area contributed by atoms with E-state index in [1.807, 2.05) is 0 Å². The van der Waals surface area contributed by atoms with Crippen molar-refractivity contribution in [3.8, 4) is 0 Å². The van der Waals surface area contributed by atoms with Gasteiger partial charge in [-0.25, -0.2) is 0 Å². The highest BCUT2D eigenvalue weighted by atomic mass is 14.2. The minimum atomic E-state index is 1.09. The molecule has 2 aromatic carbocycles. The van der Waals surface area contributed by atoms with Crippen molar-refractivity contribution in [2.24, 2.45) is 0 Å². The first kappa shape index (κ1) is 10.6. The summed E-state index contributed by atoms with van der Waals surface area (Å²) in [6.45, 7) is 8.97. The van der Waals surface area contributed by atoms with Crippen LogP contribution in [0.15, 0.2) is 18.2 Å². The maximum absolute atomic E-state index is 2.39. The predicted molar refractivity (Wildman–Crippen MR) is 75.6 cm³/mol. The molecule has 0 saturated carbocycles. The van der Waals surface area contributed by atoms with Gasteiger partial charge in [-0.1, -0.05) is 12.2 Å². The summed E-state index contributed by atoms with van der Waals surface area (Å²) in [6, 6.07) is 4.75. The lowest BCUT2D eigenvalue weighted by Gasteiger charge is -2.15. The second kappa shape index (κ2) is 3.46. The zero-order valence-corrected chi connectivity index (χ0v) is 11.0. The number of aryl methyl sites for hydroxylation is 2. The molecule has 3 rings (SSSR count). The number of rotatable bonds is 0. The maximum atomic E-state index is 2.39. The molecule has 0 aromatic heterocycles. The van der Waals surface area contributed by atoms with Crippen molar-refractivity contribution in [3.63, 3.8) is 0 Å². The molecule has 1 aliphatic rings. The lowest BCUT2D eigenvalue weighted by molar-refractivity contribution is 1.24. The van der Waals surface area contributed by atoms with Gasteiger partial charge in [0.15, 0.2) is 0 Å². The fourth-order valence-corrected chi connectivity index (χ4v) is 2.89. The largest absolute Gasteiger partial charge is 0.0795 e. The van der Waals surface area contributed by atoms with E-state index in [0.29, 0.717) is 0 Å². The molecule has 0 unspecified atom stereocenters. The van der Waals surface area contributed by atoms with Crippen LogP contribution in [0.4, 0.5) is 0 Å². The van der Waals surface area contributed by atoms with Crippen LogP contribution in [0.2, 0.25) is 0 Å². The van der Waals surface area contributed by atoms with Crippen LogP contribution in [-0.2, 0) is 6.42 Å². The van der Waals surface area contributed by atoms with E-state index in [9.17, 15) is 0 Å². The highest BCUT2D eigenvalue weighted by Crippen LogP contribution is 2.33. The van der Waals surface area contributed by atoms with Crippen LogP contribution >= 0.6 is 0 Å². The van der Waals surface area contributed by atoms with Gasteiger partial charge in [0.1, 0.15) is 0 Å². The second-order valence-electron chi connectivity index (χ2n) is 5.20. The van der Waals surface area contributed by atoms with Crippen molar-refractivity contribution in [1.82, 2.24) is 0 Å². The van der Waals surface area contributed by atoms with Gasteiger partial charge in [-0.15, -0.1) is 0 Å². The molecule has 0 nitrogen and oxygen atoms in total. The Morgan fingerprint density at radius 1 is 0.765 bits per heavy atom. The molecule has 0 heterocycles. The van der Waals surface area contributed by atoms with Gasteiger partial charge >= 0.3 is 0 Å². The van der Waals surface area contributed by atoms with Gasteiger partial charge in [0.25, 0.3) is 0 Å². The van der Waals surface area contributed by atoms with E-state index in [4.69, 9.17) is 0 Å². The third kappa shape index (κ3) is 1.37. The Hall–Kier alpha value is -1.56. The second-order valence-corrected chi connectivity index (χ2v) is 5.20. The molecule has 0 radical (unpaired) electrons. The van der Waals surface area contributed by atoms with E-state index in [1.165, 1.54) is 44.2 Å². The van der Waals surface area contributed by atoms with Crippen molar-refractivity contribution >= 4 is 16.8 Å². The van der Waals surface area contributed by atoms with Crippen LogP contribution < -0.4 is 0 Å². The van der Waals surface area contributed by atoms with Gasteiger partial charge in [-0.3, -0.25) is 0 Å². The van der Waals surface area contributed by atoms with Gasteiger partial charge in [0, 0.05) is 0 Å². The summed E-state index contributed by atoms with van der Waals surface area (Å²) in [6.07, 6.45) is 5.60. The maximum Gasteiger partial charge on any atom is -0.00879 e. The van der Waals surface area contributed by atoms with Crippen molar-refractivity contribution in [1.29, 1.82) is 0 Å². The predicted octanol–water partition coefficient (Wildman–Crippen LogP) is 4.64. The van der Waals surface area contributed by atoms with Gasteiger partial charge in [-0.2, -0.15) is 0 Å². The molecule has 0 aliphatic heterocycles. The average molecular weight is 222 g/mol. The standard InChI is InChI=1S/C17H18/c1-10-11(2)13(4)17-9-15-7-5-6-14(15)8-16(17)12(10)3/h5-6,8-9H,7H2,1-4H3. The van der Waals surface area contributed by atoms with Gasteiger partial charge in [-0.05, 0) is 90.4 Å². The van der Waals surface area contributed by atoms with Crippen molar-refractivity contribution < 1.29 is 0 Å². The van der Waals surface area contributed by atoms with E-state index in [1.54, 1.807) is 0 Å². The molecule has 0 saturated heterocycles. The number of allylic oxidation sites excluding steroid dienone is 1. The quantitative estimate of drug-likeness (QED) is 0.609. The molecule has 0 spiro atoms. The first-order valence-corrected chi connectivity index (χ1v) is 6.29. The molecule has 17 heavy (non-hydrogen) atoms. The molecule has 0 heteroatoms. The lowest BCUT2D eigenvalue weighted by atomic mass is 9.89. The Kier molecular flexibility index (Phi) is 2.16. The summed E-state index contributed by atoms with van der Waals surface area (Å²) >= 11 is 0. The van der Waals surface area contributed by atoms with E-state index in [0.717, 1.165) is 6.42 Å². The molecule has 0 fully saturated rings. The minimum Gasteiger partial charge on any atom is -0.0795 e. The van der Waals surface area contributed by atoms with Gasteiger partial charge in [0.2, 0.25) is 0 Å². The van der Waals surface area contributed by atoms with E-state index >= 15 is 0 Å². The van der Waals surface area contributed by atoms with Crippen LogP contribution in [0.25, 0.3) is 16.8 Å². The fraction of sp³-hybridized carbons (Fsp3) is 0.294. The summed E-state index contributed by atoms with van der Waals surface area (Å²) < 4.78 is 0. The SMILES string of the molecule is Cc1c(C)c(C)c2cc3c(cc2c1C)C=CC3. The summed E-state index contributed by atoms with van der Waals surface area (Å²) in [5.74, 6) is 0. The van der Waals surface area contributed by atoms with E-state index in [2.05, 4.69) is 52.0 Å². The number of fused-ring (bicyclic) bond motifs is 2. The van der Waals surface area contributed by atoms with Crippen LogP contribution in [0.3, 0.4) is 0 Å². The topological polar surface area (TPSA) is 0 Å². The Bertz CT molecular complexity index is 658. The third-order valence-corrected chi connectivity index (χ3v) is 4.41. The average Bonchev–Trinajstić information content (AvgIpc) is 2.79. The minimum absolute atomic E-state index is 1.09. The van der Waals surface area contributed by atoms with Crippen molar-refractivity contribution in [2.75, 3.05) is 0 Å². The molecular weight excluding hydrogens is 204 g/mol. The van der Waals surface area contributed by atoms with Crippen molar-refractivity contribution in [3.05, 3.63) is 51.6 Å². The highest BCUT2D eigenvalue weighted by molar-refractivity contribution is 5.93. The zero-order valence-electron chi connectivity index (χ0n) is 11.0. The molecule has 0 amide bonds. The molecular formula is C17H18. The van der Waals surface area contributed by atoms with Gasteiger partial charge in [0.05, 0.1) is 0 Å². The van der Waals surface area contributed by atoms with Crippen LogP contribution in [0.5, 0.6) is 0 Å². The van der Waals surface area contributed by atoms with E-state index < -0.39 is 0 Å². The normalized spacial score (nSPS) is 13.4. The Morgan fingerprint density at radius 2 is 1.35 bits per heavy atom. The first-order valence-electron chi connectivity index (χ1n) is 6.29. The molecule has 0 N–H and O–H groups in total. The molecule has 2 aromatic rings. The first-order chi connectivity index (χ1) is 8.09. The Balaban J connectivity index is 2.49. The number of hydrogen-bond acceptors (Lipinski definition) is 0. The van der Waals surface area contributed by atoms with Crippen LogP contribution in [-0.4, -0.2) is 0 Å². The number of benzene rings is 2. The highest BCUT2D eigenvalue weighted by Gasteiger charge is 2.12. The lowest BCUT2D eigenvalue weighted by Crippen LogP contribution is -1.95. The summed E-state index contributed by atoms with van der Waals surface area (Å²) in [5.41, 5.74) is 8.65. The monoisotopic (exact) mass is 222 g/mol. The summed E-state index contributed by atoms with van der Waals surface area (Å²) in [7, 11) is 0. The summed E-state index contributed by atoms with van der Waals surface area (Å²) in [5, 5.41) is 2.86. The van der Waals surface area contributed by atoms with Gasteiger partial charge < -0.3 is 0 Å². The molecule has 0 atom stereocenters. The molecule has 0 bridgehead atoms. The molecule has 1 aliphatic carbocycles. The Labute approximate surface area is 103 Å². The summed E-state index contributed by atoms with van der Waals surface area (Å²) in [4.78, 5) is 0. The smallest absolute Gasteiger partial charge is 0.00879 e. The fourth-order valence-electron chi connectivity index (χ4n) is 2.89. The third-order valence-electron chi connectivity index (χ3n) is 4.41.